The number of hydrogen-bond acceptors (Lipinski definition) is 4. The maximum atomic E-state index is 11.6. The van der Waals surface area contributed by atoms with Gasteiger partial charge in [0.05, 0.1) is 12.5 Å². The lowest BCUT2D eigenvalue weighted by Crippen LogP contribution is -2.44. The minimum Gasteiger partial charge on any atom is -0.481 e. The first-order valence-electron chi connectivity index (χ1n) is 7.45. The lowest BCUT2D eigenvalue weighted by molar-refractivity contribution is -0.149. The van der Waals surface area contributed by atoms with Crippen LogP contribution in [0.15, 0.2) is 0 Å². The van der Waals surface area contributed by atoms with Crippen LogP contribution in [0.25, 0.3) is 0 Å². The normalized spacial score (nSPS) is 21.4. The number of carboxylic acid groups (broad SMARTS) is 1. The highest BCUT2D eigenvalue weighted by atomic mass is 16.5. The minimum atomic E-state index is -0.866. The Bertz CT molecular complexity index is 364. The molecule has 2 amide bonds. The van der Waals surface area contributed by atoms with Gasteiger partial charge in [-0.2, -0.15) is 0 Å². The molecular weight excluding hydrogens is 276 g/mol. The first kappa shape index (κ1) is 17.3. The fourth-order valence-corrected chi connectivity index (χ4v) is 2.41. The van der Waals surface area contributed by atoms with Gasteiger partial charge in [-0.15, -0.1) is 0 Å². The Labute approximate surface area is 124 Å². The zero-order chi connectivity index (χ0) is 15.7. The van der Waals surface area contributed by atoms with Crippen LogP contribution in [0.2, 0.25) is 0 Å². The predicted octanol–water partition coefficient (Wildman–Crippen LogP) is 1.27. The first-order valence-corrected chi connectivity index (χ1v) is 7.45. The van der Waals surface area contributed by atoms with Crippen molar-refractivity contribution in [3.05, 3.63) is 0 Å². The first-order chi connectivity index (χ1) is 10.0. The van der Waals surface area contributed by atoms with Gasteiger partial charge in [-0.05, 0) is 39.0 Å². The smallest absolute Gasteiger partial charge is 0.315 e. The molecule has 120 valence electrons. The van der Waals surface area contributed by atoms with Gasteiger partial charge in [0.25, 0.3) is 0 Å². The summed E-state index contributed by atoms with van der Waals surface area (Å²) < 4.78 is 5.00. The lowest BCUT2D eigenvalue weighted by Gasteiger charge is -2.27. The molecule has 0 aromatic rings. The van der Waals surface area contributed by atoms with Gasteiger partial charge < -0.3 is 20.5 Å². The molecule has 0 unspecified atom stereocenters. The van der Waals surface area contributed by atoms with E-state index in [0.29, 0.717) is 19.6 Å². The Morgan fingerprint density at radius 3 is 2.43 bits per heavy atom. The summed E-state index contributed by atoms with van der Waals surface area (Å²) in [6.45, 7) is 2.53. The zero-order valence-electron chi connectivity index (χ0n) is 12.4. The molecule has 7 nitrogen and oxygen atoms in total. The molecule has 0 aliphatic heterocycles. The third kappa shape index (κ3) is 6.97. The molecule has 1 aliphatic carbocycles. The Balaban J connectivity index is 2.15. The fraction of sp³-hybridized carbons (Fsp3) is 0.786. The van der Waals surface area contributed by atoms with Crippen LogP contribution in [0.3, 0.4) is 0 Å². The van der Waals surface area contributed by atoms with E-state index >= 15 is 0 Å². The number of urea groups is 1. The van der Waals surface area contributed by atoms with Gasteiger partial charge in [0, 0.05) is 19.0 Å². The van der Waals surface area contributed by atoms with Crippen molar-refractivity contribution in [1.29, 1.82) is 0 Å². The van der Waals surface area contributed by atoms with Crippen molar-refractivity contribution in [2.45, 2.75) is 51.5 Å². The van der Waals surface area contributed by atoms with E-state index in [-0.39, 0.29) is 30.4 Å². The highest BCUT2D eigenvalue weighted by Gasteiger charge is 2.27. The van der Waals surface area contributed by atoms with Crippen molar-refractivity contribution < 1.29 is 24.2 Å². The number of ether oxygens (including phenoxy) is 1. The van der Waals surface area contributed by atoms with Crippen molar-refractivity contribution in [3.8, 4) is 0 Å². The van der Waals surface area contributed by atoms with E-state index in [1.807, 2.05) is 0 Å². The van der Waals surface area contributed by atoms with Crippen LogP contribution in [-0.2, 0) is 14.3 Å². The summed E-state index contributed by atoms with van der Waals surface area (Å²) in [5.41, 5.74) is 0. The van der Waals surface area contributed by atoms with Gasteiger partial charge >= 0.3 is 18.0 Å². The standard InChI is InChI=1S/C14H24N2O5/c1-2-21-13(19)10-5-7-11(8-6-10)16-14(20)15-9-3-4-12(17)18/h10-11H,2-9H2,1H3,(H,17,18)(H2,15,16,20). The summed E-state index contributed by atoms with van der Waals surface area (Å²) in [6.07, 6.45) is 3.42. The van der Waals surface area contributed by atoms with Crippen molar-refractivity contribution in [2.75, 3.05) is 13.2 Å². The average Bonchev–Trinajstić information content (AvgIpc) is 2.44. The lowest BCUT2D eigenvalue weighted by atomic mass is 9.86. The maximum Gasteiger partial charge on any atom is 0.315 e. The van der Waals surface area contributed by atoms with Crippen molar-refractivity contribution >= 4 is 18.0 Å². The summed E-state index contributed by atoms with van der Waals surface area (Å²) >= 11 is 0. The van der Waals surface area contributed by atoms with Crippen LogP contribution in [0.4, 0.5) is 4.79 Å². The van der Waals surface area contributed by atoms with Crippen molar-refractivity contribution in [2.24, 2.45) is 5.92 Å². The molecule has 0 spiro atoms. The Morgan fingerprint density at radius 1 is 1.19 bits per heavy atom. The number of hydrogen-bond donors (Lipinski definition) is 3. The van der Waals surface area contributed by atoms with Crippen LogP contribution in [0.1, 0.15) is 45.4 Å². The fourth-order valence-electron chi connectivity index (χ4n) is 2.41. The van der Waals surface area contributed by atoms with Gasteiger partial charge in [0.2, 0.25) is 0 Å². The van der Waals surface area contributed by atoms with Crippen LogP contribution in [0.5, 0.6) is 0 Å². The average molecular weight is 300 g/mol. The highest BCUT2D eigenvalue weighted by molar-refractivity contribution is 5.75. The molecule has 7 heteroatoms. The van der Waals surface area contributed by atoms with Crippen molar-refractivity contribution in [1.82, 2.24) is 10.6 Å². The second kappa shape index (κ2) is 9.20. The number of amides is 2. The van der Waals surface area contributed by atoms with Crippen LogP contribution in [-0.4, -0.2) is 42.3 Å². The second-order valence-corrected chi connectivity index (χ2v) is 5.20. The Kier molecular flexibility index (Phi) is 7.56. The number of esters is 1. The zero-order valence-corrected chi connectivity index (χ0v) is 12.4. The molecule has 0 heterocycles. The van der Waals surface area contributed by atoms with Gasteiger partial charge in [0.15, 0.2) is 0 Å². The molecule has 0 radical (unpaired) electrons. The van der Waals surface area contributed by atoms with Gasteiger partial charge in [0.1, 0.15) is 0 Å². The second-order valence-electron chi connectivity index (χ2n) is 5.20. The Hall–Kier alpha value is -1.79. The quantitative estimate of drug-likeness (QED) is 0.485. The van der Waals surface area contributed by atoms with Crippen LogP contribution in [0, 0.1) is 5.92 Å². The molecule has 21 heavy (non-hydrogen) atoms. The van der Waals surface area contributed by atoms with Crippen LogP contribution >= 0.6 is 0 Å². The largest absolute Gasteiger partial charge is 0.481 e. The molecule has 0 bridgehead atoms. The maximum absolute atomic E-state index is 11.6. The number of nitrogens with one attached hydrogen (secondary N) is 2. The molecule has 0 saturated heterocycles. The molecular formula is C14H24N2O5. The summed E-state index contributed by atoms with van der Waals surface area (Å²) in [4.78, 5) is 33.5. The summed E-state index contributed by atoms with van der Waals surface area (Å²) in [5, 5.41) is 14.0. The van der Waals surface area contributed by atoms with E-state index < -0.39 is 5.97 Å². The SMILES string of the molecule is CCOC(=O)C1CCC(NC(=O)NCCCC(=O)O)CC1. The number of rotatable bonds is 7. The number of carboxylic acids is 1. The molecule has 0 aromatic carbocycles. The molecule has 1 fully saturated rings. The molecule has 0 atom stereocenters. The van der Waals surface area contributed by atoms with Crippen molar-refractivity contribution in [3.63, 3.8) is 0 Å². The summed E-state index contributed by atoms with van der Waals surface area (Å²) in [6, 6.07) is -0.213. The van der Waals surface area contributed by atoms with E-state index in [4.69, 9.17) is 9.84 Å². The predicted molar refractivity (Wildman–Crippen MR) is 75.8 cm³/mol. The van der Waals surface area contributed by atoms with E-state index in [1.54, 1.807) is 6.92 Å². The molecule has 1 rings (SSSR count). The van der Waals surface area contributed by atoms with E-state index in [9.17, 15) is 14.4 Å². The topological polar surface area (TPSA) is 105 Å². The highest BCUT2D eigenvalue weighted by Crippen LogP contribution is 2.25. The number of aliphatic carboxylic acids is 1. The summed E-state index contributed by atoms with van der Waals surface area (Å²) in [7, 11) is 0. The molecule has 0 aromatic heterocycles. The van der Waals surface area contributed by atoms with E-state index in [0.717, 1.165) is 25.7 Å². The monoisotopic (exact) mass is 300 g/mol. The third-order valence-electron chi connectivity index (χ3n) is 3.54. The van der Waals surface area contributed by atoms with Crippen LogP contribution < -0.4 is 10.6 Å². The molecule has 1 saturated carbocycles. The minimum absolute atomic E-state index is 0.0466. The Morgan fingerprint density at radius 2 is 1.86 bits per heavy atom. The van der Waals surface area contributed by atoms with E-state index in [2.05, 4.69) is 10.6 Å². The van der Waals surface area contributed by atoms with Gasteiger partial charge in [-0.25, -0.2) is 4.79 Å². The summed E-state index contributed by atoms with van der Waals surface area (Å²) in [5.74, 6) is -1.06. The number of carbonyl (C=O) groups is 3. The van der Waals surface area contributed by atoms with E-state index in [1.165, 1.54) is 0 Å². The number of carbonyl (C=O) groups excluding carboxylic acids is 2. The molecule has 1 aliphatic rings. The van der Waals surface area contributed by atoms with Gasteiger partial charge in [-0.1, -0.05) is 0 Å². The third-order valence-corrected chi connectivity index (χ3v) is 3.54. The van der Waals surface area contributed by atoms with Gasteiger partial charge in [-0.3, -0.25) is 9.59 Å². The molecule has 3 N–H and O–H groups in total.